The van der Waals surface area contributed by atoms with E-state index in [1.54, 1.807) is 17.0 Å². The van der Waals surface area contributed by atoms with Gasteiger partial charge in [-0.05, 0) is 55.4 Å². The molecule has 0 bridgehead atoms. The Morgan fingerprint density at radius 1 is 1.12 bits per heavy atom. The fourth-order valence-electron chi connectivity index (χ4n) is 4.14. The van der Waals surface area contributed by atoms with Crippen molar-refractivity contribution >= 4 is 15.7 Å². The molecule has 0 aliphatic heterocycles. The highest BCUT2D eigenvalue weighted by molar-refractivity contribution is 7.91. The van der Waals surface area contributed by atoms with Gasteiger partial charge in [0.15, 0.2) is 9.84 Å². The van der Waals surface area contributed by atoms with Crippen LogP contribution >= 0.6 is 0 Å². The molecule has 0 N–H and O–H groups in total. The molecule has 140 valence electrons. The van der Waals surface area contributed by atoms with Gasteiger partial charge in [-0.2, -0.15) is 0 Å². The van der Waals surface area contributed by atoms with Gasteiger partial charge in [0.25, 0.3) is 0 Å². The van der Waals surface area contributed by atoms with Crippen LogP contribution in [0.1, 0.15) is 56.1 Å². The van der Waals surface area contributed by atoms with Crippen LogP contribution in [0.4, 0.5) is 0 Å². The molecule has 5 heteroatoms. The maximum Gasteiger partial charge on any atom is 0.224 e. The second kappa shape index (κ2) is 8.26. The molecule has 1 aromatic carbocycles. The van der Waals surface area contributed by atoms with Crippen molar-refractivity contribution in [3.05, 3.63) is 29.3 Å². The normalized spacial score (nSPS) is 17.5. The molecule has 0 unspecified atom stereocenters. The lowest BCUT2D eigenvalue weighted by molar-refractivity contribution is -0.133. The first-order chi connectivity index (χ1) is 12.5. The summed E-state index contributed by atoms with van der Waals surface area (Å²) >= 11 is 0. The number of sulfone groups is 1. The molecule has 2 aliphatic rings. The number of benzene rings is 1. The topological polar surface area (TPSA) is 54.5 Å². The highest BCUT2D eigenvalue weighted by atomic mass is 32.2. The first-order valence-electron chi connectivity index (χ1n) is 9.59. The van der Waals surface area contributed by atoms with Crippen molar-refractivity contribution < 1.29 is 13.2 Å². The minimum Gasteiger partial charge on any atom is -0.329 e. The van der Waals surface area contributed by atoms with E-state index in [2.05, 4.69) is 5.92 Å². The highest BCUT2D eigenvalue weighted by Gasteiger charge is 2.26. The Balaban J connectivity index is 1.66. The van der Waals surface area contributed by atoms with Crippen LogP contribution in [0.15, 0.2) is 23.1 Å². The van der Waals surface area contributed by atoms with Crippen LogP contribution in [0.2, 0.25) is 0 Å². The Hall–Kier alpha value is -1.80. The Bertz CT molecular complexity index is 801. The maximum absolute atomic E-state index is 12.7. The van der Waals surface area contributed by atoms with Crippen molar-refractivity contribution in [1.29, 1.82) is 0 Å². The van der Waals surface area contributed by atoms with Gasteiger partial charge in [-0.15, -0.1) is 6.42 Å². The Labute approximate surface area is 156 Å². The van der Waals surface area contributed by atoms with Gasteiger partial charge in [0.05, 0.1) is 17.2 Å². The summed E-state index contributed by atoms with van der Waals surface area (Å²) in [7, 11) is -3.46. The summed E-state index contributed by atoms with van der Waals surface area (Å²) in [6, 6.07) is 5.56. The maximum atomic E-state index is 12.7. The second-order valence-corrected chi connectivity index (χ2v) is 9.48. The van der Waals surface area contributed by atoms with Crippen molar-refractivity contribution in [3.8, 4) is 12.3 Å². The van der Waals surface area contributed by atoms with Crippen LogP contribution in [-0.2, 0) is 27.5 Å². The quantitative estimate of drug-likeness (QED) is 0.720. The molecule has 1 aromatic rings. The molecule has 1 amide bonds. The molecule has 2 aliphatic carbocycles. The van der Waals surface area contributed by atoms with E-state index in [1.807, 2.05) is 6.07 Å². The summed E-state index contributed by atoms with van der Waals surface area (Å²) in [5, 5.41) is 0. The zero-order valence-electron chi connectivity index (χ0n) is 15.2. The van der Waals surface area contributed by atoms with Gasteiger partial charge in [-0.3, -0.25) is 4.79 Å². The molecule has 1 saturated carbocycles. The van der Waals surface area contributed by atoms with E-state index >= 15 is 0 Å². The van der Waals surface area contributed by atoms with Crippen LogP contribution in [0, 0.1) is 12.3 Å². The largest absolute Gasteiger partial charge is 0.329 e. The number of hydrogen-bond acceptors (Lipinski definition) is 3. The van der Waals surface area contributed by atoms with Crippen LogP contribution in [0.5, 0.6) is 0 Å². The van der Waals surface area contributed by atoms with Crippen molar-refractivity contribution in [1.82, 2.24) is 4.90 Å². The van der Waals surface area contributed by atoms with Crippen molar-refractivity contribution in [2.24, 2.45) is 0 Å². The highest BCUT2D eigenvalue weighted by Crippen LogP contribution is 2.26. The van der Waals surface area contributed by atoms with E-state index in [9.17, 15) is 13.2 Å². The van der Waals surface area contributed by atoms with E-state index in [4.69, 9.17) is 6.42 Å². The van der Waals surface area contributed by atoms with Gasteiger partial charge in [0.2, 0.25) is 5.91 Å². The molecule has 0 atom stereocenters. The number of hydrogen-bond donors (Lipinski definition) is 0. The van der Waals surface area contributed by atoms with Gasteiger partial charge in [0.1, 0.15) is 0 Å². The molecule has 0 heterocycles. The third-order valence-corrected chi connectivity index (χ3v) is 7.32. The van der Waals surface area contributed by atoms with Crippen molar-refractivity contribution in [3.63, 3.8) is 0 Å². The second-order valence-electron chi connectivity index (χ2n) is 7.37. The minimum atomic E-state index is -3.46. The van der Waals surface area contributed by atoms with E-state index in [0.717, 1.165) is 50.5 Å². The van der Waals surface area contributed by atoms with E-state index in [-0.39, 0.29) is 30.7 Å². The lowest BCUT2D eigenvalue weighted by Crippen LogP contribution is -2.42. The molecular weight excluding hydrogens is 346 g/mol. The predicted octanol–water partition coefficient (Wildman–Crippen LogP) is 3.13. The summed E-state index contributed by atoms with van der Waals surface area (Å²) in [6.07, 6.45) is 13.8. The number of carbonyl (C=O) groups is 1. The zero-order chi connectivity index (χ0) is 18.6. The van der Waals surface area contributed by atoms with Gasteiger partial charge in [-0.1, -0.05) is 31.2 Å². The number of carbonyl (C=O) groups excluding carboxylic acids is 1. The molecular formula is C21H27NO3S. The monoisotopic (exact) mass is 373 g/mol. The van der Waals surface area contributed by atoms with Crippen LogP contribution in [-0.4, -0.2) is 37.6 Å². The van der Waals surface area contributed by atoms with Crippen molar-refractivity contribution in [2.45, 2.75) is 68.7 Å². The summed E-state index contributed by atoms with van der Waals surface area (Å²) < 4.78 is 25.4. The SMILES string of the molecule is C#CCN(C(=O)CCS(=O)(=O)c1ccc2c(c1)CCC2)C1CCCCC1. The van der Waals surface area contributed by atoms with Crippen LogP contribution < -0.4 is 0 Å². The zero-order valence-corrected chi connectivity index (χ0v) is 16.1. The average Bonchev–Trinajstić information content (AvgIpc) is 3.13. The van der Waals surface area contributed by atoms with Crippen LogP contribution in [0.25, 0.3) is 0 Å². The first-order valence-corrected chi connectivity index (χ1v) is 11.2. The van der Waals surface area contributed by atoms with Gasteiger partial charge >= 0.3 is 0 Å². The summed E-state index contributed by atoms with van der Waals surface area (Å²) in [5.41, 5.74) is 2.38. The lowest BCUT2D eigenvalue weighted by Gasteiger charge is -2.33. The molecule has 0 radical (unpaired) electrons. The third kappa shape index (κ3) is 4.29. The first kappa shape index (κ1) is 19.0. The van der Waals surface area contributed by atoms with Crippen LogP contribution in [0.3, 0.4) is 0 Å². The molecule has 3 rings (SSSR count). The van der Waals surface area contributed by atoms with E-state index in [1.165, 1.54) is 12.0 Å². The molecule has 0 saturated heterocycles. The molecule has 26 heavy (non-hydrogen) atoms. The van der Waals surface area contributed by atoms with E-state index in [0.29, 0.717) is 4.90 Å². The molecule has 0 spiro atoms. The molecule has 1 fully saturated rings. The fourth-order valence-corrected chi connectivity index (χ4v) is 5.41. The van der Waals surface area contributed by atoms with E-state index < -0.39 is 9.84 Å². The molecule has 0 aromatic heterocycles. The smallest absolute Gasteiger partial charge is 0.224 e. The standard InChI is InChI=1S/C21H27NO3S/c1-2-14-22(19-9-4-3-5-10-19)21(23)13-15-26(24,25)20-12-11-17-7-6-8-18(17)16-20/h1,11-12,16,19H,3-10,13-15H2. The number of nitrogens with zero attached hydrogens (tertiary/aromatic N) is 1. The van der Waals surface area contributed by atoms with Gasteiger partial charge in [-0.25, -0.2) is 8.42 Å². The Morgan fingerprint density at radius 2 is 1.85 bits per heavy atom. The summed E-state index contributed by atoms with van der Waals surface area (Å²) in [6.45, 7) is 0.266. The fraction of sp³-hybridized carbons (Fsp3) is 0.571. The third-order valence-electron chi connectivity index (χ3n) is 5.61. The lowest BCUT2D eigenvalue weighted by atomic mass is 9.94. The minimum absolute atomic E-state index is 0.00238. The predicted molar refractivity (Wildman–Crippen MR) is 103 cm³/mol. The Kier molecular flexibility index (Phi) is 6.03. The number of amides is 1. The number of rotatable bonds is 6. The number of aryl methyl sites for hydroxylation is 2. The van der Waals surface area contributed by atoms with Gasteiger partial charge < -0.3 is 4.90 Å². The average molecular weight is 374 g/mol. The number of terminal acetylenes is 1. The van der Waals surface area contributed by atoms with Crippen molar-refractivity contribution in [2.75, 3.05) is 12.3 Å². The Morgan fingerprint density at radius 3 is 2.58 bits per heavy atom. The summed E-state index contributed by atoms with van der Waals surface area (Å²) in [5.74, 6) is 2.27. The number of fused-ring (bicyclic) bond motifs is 1. The summed E-state index contributed by atoms with van der Waals surface area (Å²) in [4.78, 5) is 14.7. The van der Waals surface area contributed by atoms with Gasteiger partial charge in [0, 0.05) is 12.5 Å². The molecule has 4 nitrogen and oxygen atoms in total.